The molecule has 0 saturated carbocycles. The van der Waals surface area contributed by atoms with Gasteiger partial charge in [0.05, 0.1) is 11.6 Å². The highest BCUT2D eigenvalue weighted by Gasteiger charge is 2.40. The van der Waals surface area contributed by atoms with E-state index >= 15 is 0 Å². The van der Waals surface area contributed by atoms with E-state index in [1.54, 1.807) is 4.90 Å². The Hall–Kier alpha value is -1.42. The molecule has 1 unspecified atom stereocenters. The highest BCUT2D eigenvalue weighted by Crippen LogP contribution is 2.29. The minimum absolute atomic E-state index is 0.154. The maximum absolute atomic E-state index is 12.8. The van der Waals surface area contributed by atoms with E-state index in [1.165, 1.54) is 24.3 Å². The number of carbonyl (C=O) groups excluding carboxylic acids is 1. The van der Waals surface area contributed by atoms with Gasteiger partial charge in [0.25, 0.3) is 5.91 Å². The molecule has 1 aliphatic heterocycles. The van der Waals surface area contributed by atoms with Crippen molar-refractivity contribution < 1.29 is 14.3 Å². The van der Waals surface area contributed by atoms with E-state index in [0.29, 0.717) is 18.5 Å². The van der Waals surface area contributed by atoms with Crippen molar-refractivity contribution in [3.8, 4) is 0 Å². The summed E-state index contributed by atoms with van der Waals surface area (Å²) in [6.07, 6.45) is 0.980. The Morgan fingerprint density at radius 2 is 2.00 bits per heavy atom. The Kier molecular flexibility index (Phi) is 3.39. The lowest BCUT2D eigenvalue weighted by Crippen LogP contribution is -2.58. The molecule has 18 heavy (non-hydrogen) atoms. The standard InChI is InChI=1S/C14H18FNO2/c1-14(2)12(17)4-3-9-16(14)13(18)10-5-7-11(15)8-6-10/h5-8,12,17H,3-4,9H2,1-2H3. The van der Waals surface area contributed by atoms with E-state index in [9.17, 15) is 14.3 Å². The zero-order valence-corrected chi connectivity index (χ0v) is 10.7. The molecule has 1 aromatic rings. The van der Waals surface area contributed by atoms with Crippen LogP contribution in [0.4, 0.5) is 4.39 Å². The fraction of sp³-hybridized carbons (Fsp3) is 0.500. The third-order valence-corrected chi connectivity index (χ3v) is 3.71. The predicted octanol–water partition coefficient (Wildman–Crippen LogP) is 2.20. The number of benzene rings is 1. The van der Waals surface area contributed by atoms with Gasteiger partial charge in [0.15, 0.2) is 0 Å². The molecule has 1 atom stereocenters. The Bertz CT molecular complexity index is 442. The quantitative estimate of drug-likeness (QED) is 0.831. The Balaban J connectivity index is 2.25. The van der Waals surface area contributed by atoms with Crippen LogP contribution in [-0.2, 0) is 0 Å². The van der Waals surface area contributed by atoms with Gasteiger partial charge < -0.3 is 10.0 Å². The maximum atomic E-state index is 12.8. The molecule has 0 aromatic heterocycles. The fourth-order valence-electron chi connectivity index (χ4n) is 2.38. The fourth-order valence-corrected chi connectivity index (χ4v) is 2.38. The predicted molar refractivity (Wildman–Crippen MR) is 66.8 cm³/mol. The molecule has 1 N–H and O–H groups in total. The van der Waals surface area contributed by atoms with Crippen molar-refractivity contribution >= 4 is 5.91 Å². The van der Waals surface area contributed by atoms with Gasteiger partial charge in [-0.25, -0.2) is 4.39 Å². The summed E-state index contributed by atoms with van der Waals surface area (Å²) in [6.45, 7) is 4.34. The van der Waals surface area contributed by atoms with Crippen LogP contribution in [0.5, 0.6) is 0 Å². The van der Waals surface area contributed by atoms with Gasteiger partial charge in [-0.15, -0.1) is 0 Å². The molecule has 4 heteroatoms. The number of carbonyl (C=O) groups is 1. The molecule has 1 aromatic carbocycles. The van der Waals surface area contributed by atoms with Gasteiger partial charge in [-0.1, -0.05) is 0 Å². The van der Waals surface area contributed by atoms with Crippen LogP contribution in [0, 0.1) is 5.82 Å². The van der Waals surface area contributed by atoms with E-state index in [-0.39, 0.29) is 11.7 Å². The van der Waals surface area contributed by atoms with E-state index < -0.39 is 11.6 Å². The van der Waals surface area contributed by atoms with Crippen LogP contribution in [0.2, 0.25) is 0 Å². The van der Waals surface area contributed by atoms with Crippen molar-refractivity contribution in [1.82, 2.24) is 4.90 Å². The number of rotatable bonds is 1. The van der Waals surface area contributed by atoms with Crippen LogP contribution < -0.4 is 0 Å². The van der Waals surface area contributed by atoms with Crippen LogP contribution in [0.3, 0.4) is 0 Å². The average molecular weight is 251 g/mol. The topological polar surface area (TPSA) is 40.5 Å². The smallest absolute Gasteiger partial charge is 0.254 e. The lowest BCUT2D eigenvalue weighted by Gasteiger charge is -2.45. The summed E-state index contributed by atoms with van der Waals surface area (Å²) in [7, 11) is 0. The van der Waals surface area contributed by atoms with Crippen LogP contribution >= 0.6 is 0 Å². The summed E-state index contributed by atoms with van der Waals surface area (Å²) in [5, 5.41) is 9.99. The van der Waals surface area contributed by atoms with Crippen molar-refractivity contribution in [3.05, 3.63) is 35.6 Å². The van der Waals surface area contributed by atoms with E-state index in [4.69, 9.17) is 0 Å². The Morgan fingerprint density at radius 3 is 2.61 bits per heavy atom. The first-order chi connectivity index (χ1) is 8.43. The third kappa shape index (κ3) is 2.25. The lowest BCUT2D eigenvalue weighted by atomic mass is 9.86. The number of likely N-dealkylation sites (tertiary alicyclic amines) is 1. The molecule has 1 saturated heterocycles. The van der Waals surface area contributed by atoms with Crippen molar-refractivity contribution in [1.29, 1.82) is 0 Å². The Labute approximate surface area is 106 Å². The summed E-state index contributed by atoms with van der Waals surface area (Å²) in [6, 6.07) is 5.52. The summed E-state index contributed by atoms with van der Waals surface area (Å²) >= 11 is 0. The number of amides is 1. The summed E-state index contributed by atoms with van der Waals surface area (Å²) in [5.41, 5.74) is -0.123. The molecule has 0 bridgehead atoms. The molecule has 3 nitrogen and oxygen atoms in total. The van der Waals surface area contributed by atoms with Crippen molar-refractivity contribution in [2.75, 3.05) is 6.54 Å². The van der Waals surface area contributed by atoms with Crippen molar-refractivity contribution in [2.45, 2.75) is 38.3 Å². The van der Waals surface area contributed by atoms with E-state index in [1.807, 2.05) is 13.8 Å². The lowest BCUT2D eigenvalue weighted by molar-refractivity contribution is -0.0307. The average Bonchev–Trinajstić information content (AvgIpc) is 2.33. The molecule has 98 valence electrons. The molecular formula is C14H18FNO2. The number of nitrogens with zero attached hydrogens (tertiary/aromatic N) is 1. The van der Waals surface area contributed by atoms with E-state index in [2.05, 4.69) is 0 Å². The second kappa shape index (κ2) is 4.69. The summed E-state index contributed by atoms with van der Waals surface area (Å²) in [5.74, 6) is -0.511. The third-order valence-electron chi connectivity index (χ3n) is 3.71. The number of hydrogen-bond donors (Lipinski definition) is 1. The molecule has 1 fully saturated rings. The molecule has 1 aliphatic rings. The highest BCUT2D eigenvalue weighted by molar-refractivity contribution is 5.94. The zero-order valence-electron chi connectivity index (χ0n) is 10.7. The molecule has 0 aliphatic carbocycles. The summed E-state index contributed by atoms with van der Waals surface area (Å²) < 4.78 is 12.8. The van der Waals surface area contributed by atoms with Crippen molar-refractivity contribution in [3.63, 3.8) is 0 Å². The SMILES string of the molecule is CC1(C)C(O)CCCN1C(=O)c1ccc(F)cc1. The van der Waals surface area contributed by atoms with E-state index in [0.717, 1.165) is 6.42 Å². The number of hydrogen-bond acceptors (Lipinski definition) is 2. The summed E-state index contributed by atoms with van der Waals surface area (Å²) in [4.78, 5) is 14.0. The Morgan fingerprint density at radius 1 is 1.39 bits per heavy atom. The van der Waals surface area contributed by atoms with Gasteiger partial charge in [-0.05, 0) is 51.0 Å². The molecule has 1 amide bonds. The van der Waals surface area contributed by atoms with Gasteiger partial charge in [0, 0.05) is 12.1 Å². The molecule has 0 spiro atoms. The first kappa shape index (κ1) is 13.0. The zero-order chi connectivity index (χ0) is 13.3. The van der Waals surface area contributed by atoms with Gasteiger partial charge in [0.1, 0.15) is 5.82 Å². The van der Waals surface area contributed by atoms with Gasteiger partial charge in [-0.3, -0.25) is 4.79 Å². The first-order valence-corrected chi connectivity index (χ1v) is 6.18. The van der Waals surface area contributed by atoms with Crippen LogP contribution in [-0.4, -0.2) is 34.1 Å². The molecule has 2 rings (SSSR count). The maximum Gasteiger partial charge on any atom is 0.254 e. The van der Waals surface area contributed by atoms with Gasteiger partial charge in [-0.2, -0.15) is 0 Å². The minimum Gasteiger partial charge on any atom is -0.391 e. The normalized spacial score (nSPS) is 22.9. The highest BCUT2D eigenvalue weighted by atomic mass is 19.1. The van der Waals surface area contributed by atoms with Gasteiger partial charge in [0.2, 0.25) is 0 Å². The molecule has 1 heterocycles. The monoisotopic (exact) mass is 251 g/mol. The molecule has 0 radical (unpaired) electrons. The number of piperidine rings is 1. The largest absolute Gasteiger partial charge is 0.391 e. The first-order valence-electron chi connectivity index (χ1n) is 6.18. The molecular weight excluding hydrogens is 233 g/mol. The number of halogens is 1. The second-order valence-electron chi connectivity index (χ2n) is 5.28. The minimum atomic E-state index is -0.580. The second-order valence-corrected chi connectivity index (χ2v) is 5.28. The van der Waals surface area contributed by atoms with Gasteiger partial charge >= 0.3 is 0 Å². The van der Waals surface area contributed by atoms with Crippen LogP contribution in [0.1, 0.15) is 37.0 Å². The number of aliphatic hydroxyl groups is 1. The van der Waals surface area contributed by atoms with Crippen molar-refractivity contribution in [2.24, 2.45) is 0 Å². The number of aliphatic hydroxyl groups excluding tert-OH is 1. The van der Waals surface area contributed by atoms with Crippen LogP contribution in [0.25, 0.3) is 0 Å². The van der Waals surface area contributed by atoms with Crippen LogP contribution in [0.15, 0.2) is 24.3 Å².